The maximum atomic E-state index is 11.9. The van der Waals surface area contributed by atoms with E-state index in [1.165, 1.54) is 6.42 Å². The third-order valence-electron chi connectivity index (χ3n) is 3.79. The van der Waals surface area contributed by atoms with Gasteiger partial charge in [-0.2, -0.15) is 0 Å². The van der Waals surface area contributed by atoms with E-state index in [1.54, 1.807) is 0 Å². The first-order chi connectivity index (χ1) is 8.77. The fraction of sp³-hybridized carbons (Fsp3) is 0.846. The number of nitrogens with zero attached hydrogens (tertiary/aromatic N) is 1. The standard InChI is InChI=1S/C13H23N3O2/c17-12(16-7-2-1-3-8-16)10-15-13(18)11-5-4-6-14-9-11/h11,14H,1-10H2,(H,15,18)/t11-/m0/s1. The minimum atomic E-state index is 0.0209. The van der Waals surface area contributed by atoms with E-state index in [1.807, 2.05) is 4.90 Å². The highest BCUT2D eigenvalue weighted by Gasteiger charge is 2.22. The number of piperidine rings is 2. The molecule has 0 aromatic heterocycles. The van der Waals surface area contributed by atoms with Crippen molar-refractivity contribution in [2.24, 2.45) is 5.92 Å². The molecule has 2 fully saturated rings. The Morgan fingerprint density at radius 1 is 1.17 bits per heavy atom. The second-order valence-electron chi connectivity index (χ2n) is 5.20. The van der Waals surface area contributed by atoms with Crippen molar-refractivity contribution in [1.29, 1.82) is 0 Å². The third-order valence-corrected chi connectivity index (χ3v) is 3.79. The molecule has 0 aromatic rings. The summed E-state index contributed by atoms with van der Waals surface area (Å²) < 4.78 is 0. The second-order valence-corrected chi connectivity index (χ2v) is 5.20. The monoisotopic (exact) mass is 253 g/mol. The second kappa shape index (κ2) is 6.73. The minimum absolute atomic E-state index is 0.0209. The lowest BCUT2D eigenvalue weighted by Crippen LogP contribution is -2.46. The zero-order valence-electron chi connectivity index (χ0n) is 10.9. The highest BCUT2D eigenvalue weighted by molar-refractivity contribution is 5.86. The minimum Gasteiger partial charge on any atom is -0.347 e. The first kappa shape index (κ1) is 13.3. The smallest absolute Gasteiger partial charge is 0.241 e. The van der Waals surface area contributed by atoms with Crippen molar-refractivity contribution in [3.8, 4) is 0 Å². The maximum absolute atomic E-state index is 11.9. The molecule has 2 N–H and O–H groups in total. The highest BCUT2D eigenvalue weighted by atomic mass is 16.2. The number of nitrogens with one attached hydrogen (secondary N) is 2. The van der Waals surface area contributed by atoms with Crippen LogP contribution in [0.5, 0.6) is 0 Å². The first-order valence-corrected chi connectivity index (χ1v) is 7.03. The van der Waals surface area contributed by atoms with Gasteiger partial charge >= 0.3 is 0 Å². The largest absolute Gasteiger partial charge is 0.347 e. The quantitative estimate of drug-likeness (QED) is 0.751. The van der Waals surface area contributed by atoms with Crippen LogP contribution in [-0.4, -0.2) is 49.4 Å². The number of amides is 2. The Morgan fingerprint density at radius 3 is 2.61 bits per heavy atom. The van der Waals surface area contributed by atoms with Crippen molar-refractivity contribution in [2.45, 2.75) is 32.1 Å². The van der Waals surface area contributed by atoms with Crippen LogP contribution in [0, 0.1) is 5.92 Å². The van der Waals surface area contributed by atoms with Gasteiger partial charge in [-0.1, -0.05) is 0 Å². The van der Waals surface area contributed by atoms with Crippen molar-refractivity contribution >= 4 is 11.8 Å². The summed E-state index contributed by atoms with van der Waals surface area (Å²) in [6, 6.07) is 0. The molecular weight excluding hydrogens is 230 g/mol. The molecule has 2 saturated heterocycles. The van der Waals surface area contributed by atoms with Gasteiger partial charge in [0.05, 0.1) is 12.5 Å². The van der Waals surface area contributed by atoms with Gasteiger partial charge in [0.2, 0.25) is 11.8 Å². The van der Waals surface area contributed by atoms with Gasteiger partial charge in [0.25, 0.3) is 0 Å². The lowest BCUT2D eigenvalue weighted by molar-refractivity contribution is -0.134. The molecule has 0 radical (unpaired) electrons. The molecule has 2 amide bonds. The van der Waals surface area contributed by atoms with Crippen LogP contribution in [0.25, 0.3) is 0 Å². The van der Waals surface area contributed by atoms with Crippen LogP contribution in [0.1, 0.15) is 32.1 Å². The average Bonchev–Trinajstić information content (AvgIpc) is 2.46. The lowest BCUT2D eigenvalue weighted by Gasteiger charge is -2.27. The molecule has 0 bridgehead atoms. The fourth-order valence-electron chi connectivity index (χ4n) is 2.64. The van der Waals surface area contributed by atoms with Crippen molar-refractivity contribution in [1.82, 2.24) is 15.5 Å². The van der Waals surface area contributed by atoms with Gasteiger partial charge in [0, 0.05) is 19.6 Å². The molecule has 18 heavy (non-hydrogen) atoms. The molecule has 0 saturated carbocycles. The number of carbonyl (C=O) groups is 2. The lowest BCUT2D eigenvalue weighted by atomic mass is 9.99. The van der Waals surface area contributed by atoms with Gasteiger partial charge in [0.15, 0.2) is 0 Å². The molecule has 5 heteroatoms. The van der Waals surface area contributed by atoms with Gasteiger partial charge in [0.1, 0.15) is 0 Å². The van der Waals surface area contributed by atoms with E-state index in [9.17, 15) is 9.59 Å². The van der Waals surface area contributed by atoms with Crippen molar-refractivity contribution in [3.05, 3.63) is 0 Å². The van der Waals surface area contributed by atoms with Crippen LogP contribution in [0.2, 0.25) is 0 Å². The van der Waals surface area contributed by atoms with Crippen molar-refractivity contribution < 1.29 is 9.59 Å². The van der Waals surface area contributed by atoms with Gasteiger partial charge < -0.3 is 15.5 Å². The fourth-order valence-corrected chi connectivity index (χ4v) is 2.64. The van der Waals surface area contributed by atoms with Gasteiger partial charge in [-0.3, -0.25) is 9.59 Å². The van der Waals surface area contributed by atoms with Crippen molar-refractivity contribution in [2.75, 3.05) is 32.7 Å². The Labute approximate surface area is 108 Å². The van der Waals surface area contributed by atoms with Gasteiger partial charge in [-0.25, -0.2) is 0 Å². The summed E-state index contributed by atoms with van der Waals surface area (Å²) in [6.45, 7) is 3.59. The molecule has 2 aliphatic rings. The van der Waals surface area contributed by atoms with E-state index in [0.717, 1.165) is 51.9 Å². The molecule has 1 atom stereocenters. The summed E-state index contributed by atoms with van der Waals surface area (Å²) in [5, 5.41) is 5.99. The Morgan fingerprint density at radius 2 is 1.94 bits per heavy atom. The molecule has 0 aliphatic carbocycles. The maximum Gasteiger partial charge on any atom is 0.241 e. The molecular formula is C13H23N3O2. The predicted molar refractivity (Wildman–Crippen MR) is 69.0 cm³/mol. The van der Waals surface area contributed by atoms with Crippen LogP contribution in [0.3, 0.4) is 0 Å². The number of hydrogen-bond acceptors (Lipinski definition) is 3. The summed E-state index contributed by atoms with van der Waals surface area (Å²) in [4.78, 5) is 25.6. The summed E-state index contributed by atoms with van der Waals surface area (Å²) in [6.07, 6.45) is 5.36. The van der Waals surface area contributed by atoms with E-state index >= 15 is 0 Å². The SMILES string of the molecule is O=C(NCC(=O)N1CCCCC1)[C@H]1CCCNC1. The normalized spacial score (nSPS) is 24.7. The van der Waals surface area contributed by atoms with E-state index < -0.39 is 0 Å². The molecule has 5 nitrogen and oxygen atoms in total. The molecule has 2 rings (SSSR count). The number of hydrogen-bond donors (Lipinski definition) is 2. The topological polar surface area (TPSA) is 61.4 Å². The highest BCUT2D eigenvalue weighted by Crippen LogP contribution is 2.10. The Kier molecular flexibility index (Phi) is 4.99. The van der Waals surface area contributed by atoms with Crippen LogP contribution < -0.4 is 10.6 Å². The zero-order valence-corrected chi connectivity index (χ0v) is 10.9. The van der Waals surface area contributed by atoms with Crippen LogP contribution >= 0.6 is 0 Å². The molecule has 2 aliphatic heterocycles. The van der Waals surface area contributed by atoms with Gasteiger partial charge in [-0.05, 0) is 38.6 Å². The van der Waals surface area contributed by atoms with E-state index in [2.05, 4.69) is 10.6 Å². The summed E-state index contributed by atoms with van der Waals surface area (Å²) in [5.41, 5.74) is 0. The van der Waals surface area contributed by atoms with E-state index in [0.29, 0.717) is 0 Å². The summed E-state index contributed by atoms with van der Waals surface area (Å²) in [5.74, 6) is 0.118. The van der Waals surface area contributed by atoms with Crippen LogP contribution in [0.15, 0.2) is 0 Å². The number of rotatable bonds is 3. The molecule has 0 spiro atoms. The molecule has 102 valence electrons. The predicted octanol–water partition coefficient (Wildman–Crippen LogP) is 0.115. The number of carbonyl (C=O) groups excluding carboxylic acids is 2. The number of likely N-dealkylation sites (tertiary alicyclic amines) is 1. The Bertz CT molecular complexity index is 265. The molecule has 0 unspecified atom stereocenters. The third kappa shape index (κ3) is 3.70. The van der Waals surface area contributed by atoms with Gasteiger partial charge in [-0.15, -0.1) is 0 Å². The molecule has 2 heterocycles. The van der Waals surface area contributed by atoms with E-state index in [-0.39, 0.29) is 24.3 Å². The molecule has 0 aromatic carbocycles. The first-order valence-electron chi connectivity index (χ1n) is 7.03. The Balaban J connectivity index is 1.69. The average molecular weight is 253 g/mol. The van der Waals surface area contributed by atoms with E-state index in [4.69, 9.17) is 0 Å². The van der Waals surface area contributed by atoms with Crippen LogP contribution in [-0.2, 0) is 9.59 Å². The van der Waals surface area contributed by atoms with Crippen LogP contribution in [0.4, 0.5) is 0 Å². The Hall–Kier alpha value is -1.10. The summed E-state index contributed by atoms with van der Waals surface area (Å²) in [7, 11) is 0. The zero-order chi connectivity index (χ0) is 12.8. The van der Waals surface area contributed by atoms with Crippen molar-refractivity contribution in [3.63, 3.8) is 0 Å². The summed E-state index contributed by atoms with van der Waals surface area (Å²) >= 11 is 0.